The number of alkyl halides is 3. The van der Waals surface area contributed by atoms with Crippen molar-refractivity contribution in [1.82, 2.24) is 9.78 Å². The summed E-state index contributed by atoms with van der Waals surface area (Å²) in [6.45, 7) is 0. The van der Waals surface area contributed by atoms with Crippen LogP contribution in [0.2, 0.25) is 0 Å². The summed E-state index contributed by atoms with van der Waals surface area (Å²) in [5.41, 5.74) is -0.551. The van der Waals surface area contributed by atoms with Crippen LogP contribution in [0.4, 0.5) is 33.5 Å². The third-order valence-corrected chi connectivity index (χ3v) is 3.89. The molecule has 0 saturated heterocycles. The van der Waals surface area contributed by atoms with E-state index in [-0.39, 0.29) is 22.8 Å². The smallest absolute Gasteiger partial charge is 0.339 e. The SMILES string of the molecule is O=C(Nc1ccc(F)c(F)c1)c1cnn2c1NC(=C1C=C1)C=C2C(F)(F)F. The van der Waals surface area contributed by atoms with Crippen molar-refractivity contribution < 1.29 is 26.7 Å². The van der Waals surface area contributed by atoms with Crippen molar-refractivity contribution in [2.75, 3.05) is 10.6 Å². The lowest BCUT2D eigenvalue weighted by Crippen LogP contribution is -2.24. The highest BCUT2D eigenvalue weighted by Crippen LogP contribution is 2.39. The first-order valence-electron chi connectivity index (χ1n) is 7.57. The Bertz CT molecular complexity index is 1050. The Kier molecular flexibility index (Phi) is 3.65. The van der Waals surface area contributed by atoms with Crippen LogP contribution in [0.15, 0.2) is 53.9 Å². The lowest BCUT2D eigenvalue weighted by Gasteiger charge is -2.22. The molecule has 1 amide bonds. The molecule has 0 radical (unpaired) electrons. The van der Waals surface area contributed by atoms with Crippen LogP contribution >= 0.6 is 0 Å². The summed E-state index contributed by atoms with van der Waals surface area (Å²) >= 11 is 0. The highest BCUT2D eigenvalue weighted by molar-refractivity contribution is 6.08. The van der Waals surface area contributed by atoms with Gasteiger partial charge >= 0.3 is 6.18 Å². The maximum atomic E-state index is 13.3. The predicted molar refractivity (Wildman–Crippen MR) is 86.7 cm³/mol. The number of aromatic nitrogens is 2. The second-order valence-corrected chi connectivity index (χ2v) is 5.76. The molecule has 0 spiro atoms. The van der Waals surface area contributed by atoms with Crippen molar-refractivity contribution in [1.29, 1.82) is 0 Å². The van der Waals surface area contributed by atoms with E-state index in [9.17, 15) is 26.7 Å². The number of amides is 1. The number of benzene rings is 1. The number of hydrogen-bond donors (Lipinski definition) is 2. The molecule has 0 fully saturated rings. The lowest BCUT2D eigenvalue weighted by atomic mass is 10.2. The zero-order valence-corrected chi connectivity index (χ0v) is 13.2. The number of carbonyl (C=O) groups is 1. The number of anilines is 2. The van der Waals surface area contributed by atoms with Gasteiger partial charge < -0.3 is 10.6 Å². The van der Waals surface area contributed by atoms with Crippen LogP contribution in [0.25, 0.3) is 5.70 Å². The molecule has 138 valence electrons. The fourth-order valence-electron chi connectivity index (χ4n) is 2.53. The first kappa shape index (κ1) is 17.0. The van der Waals surface area contributed by atoms with E-state index in [4.69, 9.17) is 0 Å². The third-order valence-electron chi connectivity index (χ3n) is 3.89. The van der Waals surface area contributed by atoms with E-state index in [0.717, 1.165) is 30.5 Å². The van der Waals surface area contributed by atoms with Crippen molar-refractivity contribution in [3.63, 3.8) is 0 Å². The average molecular weight is 380 g/mol. The van der Waals surface area contributed by atoms with Gasteiger partial charge in [0, 0.05) is 17.5 Å². The first-order chi connectivity index (χ1) is 12.7. The molecule has 10 heteroatoms. The molecule has 0 bridgehead atoms. The fraction of sp³-hybridized carbons (Fsp3) is 0.0588. The standard InChI is InChI=1S/C17H9F5N4O/c18-11-4-3-9(5-12(11)19)24-16(27)10-7-23-26-14(17(20,21)22)6-13(8-1-2-8)25-15(10)26/h1-7,25H,(H,24,27). The number of fused-ring (bicyclic) bond motifs is 1. The van der Waals surface area contributed by atoms with Gasteiger partial charge in [0.1, 0.15) is 17.1 Å². The number of allylic oxidation sites excluding steroid dienone is 5. The van der Waals surface area contributed by atoms with Crippen LogP contribution in [0, 0.1) is 11.6 Å². The number of halogens is 5. The van der Waals surface area contributed by atoms with Gasteiger partial charge in [-0.05, 0) is 23.8 Å². The molecule has 2 aliphatic rings. The molecule has 0 unspecified atom stereocenters. The Morgan fingerprint density at radius 2 is 1.89 bits per heavy atom. The quantitative estimate of drug-likeness (QED) is 0.773. The van der Waals surface area contributed by atoms with Crippen molar-refractivity contribution >= 4 is 23.1 Å². The Morgan fingerprint density at radius 3 is 2.52 bits per heavy atom. The molecule has 2 aromatic rings. The van der Waals surface area contributed by atoms with E-state index in [0.29, 0.717) is 10.3 Å². The number of nitrogens with zero attached hydrogens (tertiary/aromatic N) is 2. The highest BCUT2D eigenvalue weighted by atomic mass is 19.4. The monoisotopic (exact) mass is 380 g/mol. The number of hydrogen-bond acceptors (Lipinski definition) is 3. The van der Waals surface area contributed by atoms with E-state index in [1.165, 1.54) is 0 Å². The van der Waals surface area contributed by atoms with E-state index in [1.54, 1.807) is 12.2 Å². The molecule has 0 saturated carbocycles. The number of rotatable bonds is 2. The van der Waals surface area contributed by atoms with Gasteiger partial charge in [0.05, 0.1) is 6.20 Å². The zero-order chi connectivity index (χ0) is 19.3. The van der Waals surface area contributed by atoms with Crippen molar-refractivity contribution in [3.05, 3.63) is 71.1 Å². The number of carbonyl (C=O) groups excluding carboxylic acids is 1. The van der Waals surface area contributed by atoms with Crippen LogP contribution in [-0.4, -0.2) is 21.9 Å². The topological polar surface area (TPSA) is 59.0 Å². The van der Waals surface area contributed by atoms with Crippen molar-refractivity contribution in [3.8, 4) is 0 Å². The minimum atomic E-state index is -4.70. The molecule has 1 aromatic heterocycles. The summed E-state index contributed by atoms with van der Waals surface area (Å²) < 4.78 is 66.8. The highest BCUT2D eigenvalue weighted by Gasteiger charge is 2.40. The summed E-state index contributed by atoms with van der Waals surface area (Å²) in [6.07, 6.45) is 0.384. The Morgan fingerprint density at radius 1 is 1.15 bits per heavy atom. The van der Waals surface area contributed by atoms with Gasteiger partial charge in [0.25, 0.3) is 5.91 Å². The molecular weight excluding hydrogens is 371 g/mol. The van der Waals surface area contributed by atoms with Gasteiger partial charge in [-0.25, -0.2) is 13.5 Å². The Hall–Kier alpha value is -3.43. The molecule has 27 heavy (non-hydrogen) atoms. The molecule has 2 N–H and O–H groups in total. The molecule has 5 nitrogen and oxygen atoms in total. The Balaban J connectivity index is 1.70. The minimum Gasteiger partial charge on any atom is -0.339 e. The summed E-state index contributed by atoms with van der Waals surface area (Å²) in [6, 6.07) is 2.71. The van der Waals surface area contributed by atoms with Crippen LogP contribution in [-0.2, 0) is 0 Å². The van der Waals surface area contributed by atoms with Crippen LogP contribution in [0.1, 0.15) is 10.4 Å². The molecule has 1 aromatic carbocycles. The molecule has 0 atom stereocenters. The van der Waals surface area contributed by atoms with Crippen LogP contribution in [0.5, 0.6) is 0 Å². The fourth-order valence-corrected chi connectivity index (χ4v) is 2.53. The lowest BCUT2D eigenvalue weighted by molar-refractivity contribution is -0.0744. The van der Waals surface area contributed by atoms with Gasteiger partial charge in [-0.2, -0.15) is 18.3 Å². The van der Waals surface area contributed by atoms with Crippen molar-refractivity contribution in [2.24, 2.45) is 0 Å². The van der Waals surface area contributed by atoms with E-state index in [2.05, 4.69) is 15.7 Å². The molecule has 4 rings (SSSR count). The summed E-state index contributed by atoms with van der Waals surface area (Å²) in [5, 5.41) is 8.69. The largest absolute Gasteiger partial charge is 0.433 e. The van der Waals surface area contributed by atoms with Crippen molar-refractivity contribution in [2.45, 2.75) is 6.18 Å². The molecule has 1 aliphatic carbocycles. The third kappa shape index (κ3) is 3.09. The van der Waals surface area contributed by atoms with Crippen LogP contribution < -0.4 is 10.6 Å². The normalized spacial score (nSPS) is 15.2. The van der Waals surface area contributed by atoms with Gasteiger partial charge in [0.15, 0.2) is 11.6 Å². The second-order valence-electron chi connectivity index (χ2n) is 5.76. The van der Waals surface area contributed by atoms with E-state index >= 15 is 0 Å². The molecule has 1 aliphatic heterocycles. The second kappa shape index (κ2) is 5.79. The van der Waals surface area contributed by atoms with E-state index < -0.39 is 29.4 Å². The molecular formula is C17H9F5N4O. The van der Waals surface area contributed by atoms with E-state index in [1.807, 2.05) is 0 Å². The summed E-state index contributed by atoms with van der Waals surface area (Å²) in [7, 11) is 0. The molecule has 2 heterocycles. The minimum absolute atomic E-state index is 0.0521. The maximum absolute atomic E-state index is 13.3. The van der Waals surface area contributed by atoms with Crippen LogP contribution in [0.3, 0.4) is 0 Å². The predicted octanol–water partition coefficient (Wildman–Crippen LogP) is 4.07. The Labute approximate surface area is 148 Å². The van der Waals surface area contributed by atoms with Gasteiger partial charge in [-0.3, -0.25) is 4.79 Å². The zero-order valence-electron chi connectivity index (χ0n) is 13.2. The summed E-state index contributed by atoms with van der Waals surface area (Å²) in [4.78, 5) is 12.4. The maximum Gasteiger partial charge on any atom is 0.433 e. The van der Waals surface area contributed by atoms with Gasteiger partial charge in [0.2, 0.25) is 0 Å². The van der Waals surface area contributed by atoms with Gasteiger partial charge in [-0.15, -0.1) is 0 Å². The first-order valence-corrected chi connectivity index (χ1v) is 7.57. The average Bonchev–Trinajstić information content (AvgIpc) is 3.35. The summed E-state index contributed by atoms with van der Waals surface area (Å²) in [5.74, 6) is -3.27. The number of nitrogens with one attached hydrogen (secondary N) is 2. The van der Waals surface area contributed by atoms with Gasteiger partial charge in [-0.1, -0.05) is 12.2 Å².